The first-order valence-corrected chi connectivity index (χ1v) is 5.47. The quantitative estimate of drug-likeness (QED) is 0.588. The van der Waals surface area contributed by atoms with Gasteiger partial charge in [-0.1, -0.05) is 6.08 Å². The first-order chi connectivity index (χ1) is 9.20. The van der Waals surface area contributed by atoms with E-state index in [9.17, 15) is 27.6 Å². The lowest BCUT2D eigenvalue weighted by Crippen LogP contribution is -2.45. The third-order valence-electron chi connectivity index (χ3n) is 2.47. The van der Waals surface area contributed by atoms with Crippen molar-refractivity contribution < 1.29 is 32.7 Å². The van der Waals surface area contributed by atoms with Crippen molar-refractivity contribution >= 4 is 17.9 Å². The molecule has 6 nitrogen and oxygen atoms in total. The molecule has 0 aromatic heterocycles. The van der Waals surface area contributed by atoms with Crippen molar-refractivity contribution in [1.29, 1.82) is 0 Å². The van der Waals surface area contributed by atoms with Crippen molar-refractivity contribution in [2.24, 2.45) is 0 Å². The molecule has 0 aliphatic carbocycles. The number of hydrogen-bond acceptors (Lipinski definition) is 3. The second-order valence-corrected chi connectivity index (χ2v) is 3.89. The van der Waals surface area contributed by atoms with Crippen LogP contribution in [0.5, 0.6) is 0 Å². The molecule has 0 unspecified atom stereocenters. The number of hydrogen-bond donors (Lipinski definition) is 2. The van der Waals surface area contributed by atoms with E-state index in [1.165, 1.54) is 0 Å². The molecular weight excluding hydrogens is 281 g/mol. The standard InChI is InChI=1S/C11H11F3N2O4/c12-11(13,14)7-3-5-16(6-4-7)10(20)15-8(17)1-2-9(18)19/h1-3H,4-6H2,(H,18,19)(H,15,17,20)/b2-1+. The van der Waals surface area contributed by atoms with Crippen LogP contribution in [0.4, 0.5) is 18.0 Å². The second kappa shape index (κ2) is 6.22. The maximum atomic E-state index is 12.3. The van der Waals surface area contributed by atoms with Crippen LogP contribution < -0.4 is 5.32 Å². The van der Waals surface area contributed by atoms with Gasteiger partial charge in [-0.25, -0.2) is 9.59 Å². The van der Waals surface area contributed by atoms with Crippen molar-refractivity contribution in [2.75, 3.05) is 13.1 Å². The number of nitrogens with zero attached hydrogens (tertiary/aromatic N) is 1. The zero-order valence-corrected chi connectivity index (χ0v) is 10.1. The van der Waals surface area contributed by atoms with Gasteiger partial charge in [0.2, 0.25) is 0 Å². The van der Waals surface area contributed by atoms with Crippen LogP contribution in [0, 0.1) is 0 Å². The van der Waals surface area contributed by atoms with E-state index in [4.69, 9.17) is 5.11 Å². The van der Waals surface area contributed by atoms with Gasteiger partial charge in [-0.15, -0.1) is 0 Å². The Kier molecular flexibility index (Phi) is 4.89. The monoisotopic (exact) mass is 292 g/mol. The van der Waals surface area contributed by atoms with Crippen LogP contribution in [0.1, 0.15) is 6.42 Å². The van der Waals surface area contributed by atoms with Gasteiger partial charge in [0, 0.05) is 30.8 Å². The summed E-state index contributed by atoms with van der Waals surface area (Å²) in [6.07, 6.45) is -2.71. The summed E-state index contributed by atoms with van der Waals surface area (Å²) in [5.74, 6) is -2.31. The van der Waals surface area contributed by atoms with Crippen molar-refractivity contribution in [1.82, 2.24) is 10.2 Å². The SMILES string of the molecule is O=C(O)/C=C/C(=O)NC(=O)N1CC=C(C(F)(F)F)CC1. The highest BCUT2D eigenvalue weighted by atomic mass is 19.4. The Bertz CT molecular complexity index is 483. The normalized spacial score (nSPS) is 15.9. The average molecular weight is 292 g/mol. The van der Waals surface area contributed by atoms with Crippen LogP contribution in [0.25, 0.3) is 0 Å². The molecule has 1 aliphatic heterocycles. The van der Waals surface area contributed by atoms with Crippen molar-refractivity contribution in [3.8, 4) is 0 Å². The summed E-state index contributed by atoms with van der Waals surface area (Å²) in [6.45, 7) is -0.441. The van der Waals surface area contributed by atoms with Gasteiger partial charge in [0.15, 0.2) is 0 Å². The number of alkyl halides is 3. The summed E-state index contributed by atoms with van der Waals surface area (Å²) < 4.78 is 37.0. The Balaban J connectivity index is 2.53. The number of nitrogens with one attached hydrogen (secondary N) is 1. The molecule has 9 heteroatoms. The number of urea groups is 1. The van der Waals surface area contributed by atoms with E-state index >= 15 is 0 Å². The number of carbonyl (C=O) groups excluding carboxylic acids is 2. The van der Waals surface area contributed by atoms with Crippen LogP contribution in [-0.2, 0) is 9.59 Å². The summed E-state index contributed by atoms with van der Waals surface area (Å²) in [7, 11) is 0. The number of aliphatic carboxylic acids is 1. The zero-order valence-electron chi connectivity index (χ0n) is 10.1. The molecule has 3 amide bonds. The van der Waals surface area contributed by atoms with Crippen LogP contribution in [-0.4, -0.2) is 47.2 Å². The topological polar surface area (TPSA) is 86.7 Å². The van der Waals surface area contributed by atoms with E-state index in [0.717, 1.165) is 11.0 Å². The van der Waals surface area contributed by atoms with Gasteiger partial charge in [-0.2, -0.15) is 13.2 Å². The number of rotatable bonds is 2. The highest BCUT2D eigenvalue weighted by Gasteiger charge is 2.35. The third-order valence-corrected chi connectivity index (χ3v) is 2.47. The summed E-state index contributed by atoms with van der Waals surface area (Å²) in [5.41, 5.74) is -0.710. The fraction of sp³-hybridized carbons (Fsp3) is 0.364. The maximum absolute atomic E-state index is 12.3. The highest BCUT2D eigenvalue weighted by molar-refractivity contribution is 6.02. The summed E-state index contributed by atoms with van der Waals surface area (Å²) in [5, 5.41) is 10.1. The molecule has 0 fully saturated rings. The molecule has 0 radical (unpaired) electrons. The zero-order chi connectivity index (χ0) is 15.3. The lowest BCUT2D eigenvalue weighted by Gasteiger charge is -2.26. The summed E-state index contributed by atoms with van der Waals surface area (Å²) >= 11 is 0. The Hall–Kier alpha value is -2.32. The molecule has 0 bridgehead atoms. The summed E-state index contributed by atoms with van der Waals surface area (Å²) in [6, 6.07) is -0.873. The van der Waals surface area contributed by atoms with Gasteiger partial charge >= 0.3 is 18.2 Å². The fourth-order valence-electron chi connectivity index (χ4n) is 1.48. The van der Waals surface area contributed by atoms with Gasteiger partial charge in [-0.05, 0) is 6.42 Å². The van der Waals surface area contributed by atoms with Crippen LogP contribution in [0.2, 0.25) is 0 Å². The van der Waals surface area contributed by atoms with E-state index in [1.54, 1.807) is 0 Å². The van der Waals surface area contributed by atoms with Crippen molar-refractivity contribution in [3.05, 3.63) is 23.8 Å². The number of imide groups is 1. The molecule has 0 atom stereocenters. The molecule has 110 valence electrons. The number of carboxylic acids is 1. The van der Waals surface area contributed by atoms with E-state index in [2.05, 4.69) is 0 Å². The molecule has 0 aromatic rings. The van der Waals surface area contributed by atoms with Gasteiger partial charge in [-0.3, -0.25) is 10.1 Å². The van der Waals surface area contributed by atoms with Crippen molar-refractivity contribution in [3.63, 3.8) is 0 Å². The highest BCUT2D eigenvalue weighted by Crippen LogP contribution is 2.29. The number of carboxylic acid groups (broad SMARTS) is 1. The van der Waals surface area contributed by atoms with E-state index in [1.807, 2.05) is 5.32 Å². The predicted molar refractivity (Wildman–Crippen MR) is 60.6 cm³/mol. The van der Waals surface area contributed by atoms with E-state index in [-0.39, 0.29) is 19.5 Å². The summed E-state index contributed by atoms with van der Waals surface area (Å²) in [4.78, 5) is 33.8. The van der Waals surface area contributed by atoms with Gasteiger partial charge < -0.3 is 10.0 Å². The number of amides is 3. The lowest BCUT2D eigenvalue weighted by molar-refractivity contribution is -0.131. The molecule has 0 saturated carbocycles. The first kappa shape index (κ1) is 15.7. The minimum atomic E-state index is -4.41. The van der Waals surface area contributed by atoms with Crippen LogP contribution >= 0.6 is 0 Å². The van der Waals surface area contributed by atoms with Crippen LogP contribution in [0.15, 0.2) is 23.8 Å². The lowest BCUT2D eigenvalue weighted by atomic mass is 10.1. The Labute approximate surface area is 111 Å². The van der Waals surface area contributed by atoms with Crippen molar-refractivity contribution in [2.45, 2.75) is 12.6 Å². The Morgan fingerprint density at radius 2 is 1.95 bits per heavy atom. The molecular formula is C11H11F3N2O4. The minimum Gasteiger partial charge on any atom is -0.478 e. The molecule has 20 heavy (non-hydrogen) atoms. The molecule has 0 aromatic carbocycles. The molecule has 1 rings (SSSR count). The second-order valence-electron chi connectivity index (χ2n) is 3.89. The number of halogens is 3. The largest absolute Gasteiger partial charge is 0.478 e. The number of carbonyl (C=O) groups is 3. The van der Waals surface area contributed by atoms with E-state index < -0.39 is 29.7 Å². The van der Waals surface area contributed by atoms with Gasteiger partial charge in [0.25, 0.3) is 5.91 Å². The molecule has 0 saturated heterocycles. The van der Waals surface area contributed by atoms with Gasteiger partial charge in [0.05, 0.1) is 0 Å². The van der Waals surface area contributed by atoms with Crippen LogP contribution in [0.3, 0.4) is 0 Å². The molecule has 1 heterocycles. The Morgan fingerprint density at radius 1 is 1.30 bits per heavy atom. The third kappa shape index (κ3) is 4.75. The fourth-order valence-corrected chi connectivity index (χ4v) is 1.48. The smallest absolute Gasteiger partial charge is 0.412 e. The predicted octanol–water partition coefficient (Wildman–Crippen LogP) is 1.06. The molecule has 2 N–H and O–H groups in total. The molecule has 1 aliphatic rings. The first-order valence-electron chi connectivity index (χ1n) is 5.47. The van der Waals surface area contributed by atoms with Gasteiger partial charge in [0.1, 0.15) is 0 Å². The maximum Gasteiger partial charge on any atom is 0.412 e. The molecule has 0 spiro atoms. The minimum absolute atomic E-state index is 0.174. The van der Waals surface area contributed by atoms with E-state index in [0.29, 0.717) is 12.2 Å². The average Bonchev–Trinajstić information content (AvgIpc) is 2.35. The Morgan fingerprint density at radius 3 is 2.40 bits per heavy atom.